The first-order chi connectivity index (χ1) is 12.6. The normalized spacial score (nSPS) is 13.6. The summed E-state index contributed by atoms with van der Waals surface area (Å²) in [6.45, 7) is 0.419. The van der Waals surface area contributed by atoms with Crippen molar-refractivity contribution in [3.63, 3.8) is 0 Å². The van der Waals surface area contributed by atoms with Crippen LogP contribution in [0.15, 0.2) is 30.6 Å². The molecule has 7 nitrogen and oxygen atoms in total. The summed E-state index contributed by atoms with van der Waals surface area (Å²) in [5.41, 5.74) is 3.26. The first kappa shape index (κ1) is 16.7. The number of carbonyl (C=O) groups is 1. The Kier molecular flexibility index (Phi) is 4.38. The van der Waals surface area contributed by atoms with E-state index in [2.05, 4.69) is 25.6 Å². The molecule has 2 amide bonds. The third-order valence-electron chi connectivity index (χ3n) is 4.23. The average Bonchev–Trinajstić information content (AvgIpc) is 3.37. The van der Waals surface area contributed by atoms with E-state index < -0.39 is 0 Å². The van der Waals surface area contributed by atoms with Gasteiger partial charge < -0.3 is 20.4 Å². The number of hydrogen-bond donors (Lipinski definition) is 3. The molecule has 0 spiro atoms. The predicted octanol–water partition coefficient (Wildman–Crippen LogP) is 3.25. The summed E-state index contributed by atoms with van der Waals surface area (Å²) >= 11 is 6.42. The van der Waals surface area contributed by atoms with Gasteiger partial charge in [0.2, 0.25) is 5.88 Å². The Bertz CT molecular complexity index is 950. The van der Waals surface area contributed by atoms with Crippen molar-refractivity contribution in [3.05, 3.63) is 41.3 Å². The van der Waals surface area contributed by atoms with Gasteiger partial charge in [0, 0.05) is 28.2 Å². The summed E-state index contributed by atoms with van der Waals surface area (Å²) in [7, 11) is 1.54. The molecule has 0 saturated heterocycles. The number of amides is 2. The van der Waals surface area contributed by atoms with Crippen molar-refractivity contribution in [1.29, 1.82) is 0 Å². The fourth-order valence-corrected chi connectivity index (χ4v) is 2.97. The van der Waals surface area contributed by atoms with Crippen molar-refractivity contribution in [3.8, 4) is 17.1 Å². The smallest absolute Gasteiger partial charge is 0.315 e. The number of aromatic amines is 1. The molecule has 2 aromatic heterocycles. The third-order valence-corrected chi connectivity index (χ3v) is 4.54. The topological polar surface area (TPSA) is 91.9 Å². The second-order valence-electron chi connectivity index (χ2n) is 6.26. The van der Waals surface area contributed by atoms with Crippen molar-refractivity contribution in [1.82, 2.24) is 25.6 Å². The number of carbonyl (C=O) groups excluding carboxylic acids is 1. The monoisotopic (exact) mass is 371 g/mol. The van der Waals surface area contributed by atoms with Crippen molar-refractivity contribution >= 4 is 28.5 Å². The Morgan fingerprint density at radius 3 is 2.85 bits per heavy atom. The molecule has 2 heterocycles. The van der Waals surface area contributed by atoms with Crippen molar-refractivity contribution in [2.75, 3.05) is 7.11 Å². The molecule has 0 aliphatic heterocycles. The van der Waals surface area contributed by atoms with E-state index in [1.165, 1.54) is 0 Å². The van der Waals surface area contributed by atoms with Crippen LogP contribution in [0, 0.1) is 0 Å². The zero-order valence-electron chi connectivity index (χ0n) is 14.2. The minimum Gasteiger partial charge on any atom is -0.480 e. The fourth-order valence-electron chi connectivity index (χ4n) is 2.70. The number of methoxy groups -OCH3 is 1. The molecule has 3 N–H and O–H groups in total. The number of benzene rings is 1. The van der Waals surface area contributed by atoms with Gasteiger partial charge in [0.05, 0.1) is 36.8 Å². The summed E-state index contributed by atoms with van der Waals surface area (Å²) in [5, 5.41) is 7.31. The molecule has 1 aliphatic rings. The Morgan fingerprint density at radius 1 is 1.31 bits per heavy atom. The largest absolute Gasteiger partial charge is 0.480 e. The number of aromatic nitrogens is 3. The van der Waals surface area contributed by atoms with Crippen LogP contribution < -0.4 is 15.4 Å². The van der Waals surface area contributed by atoms with Gasteiger partial charge in [0.25, 0.3) is 0 Å². The second-order valence-corrected chi connectivity index (χ2v) is 6.67. The van der Waals surface area contributed by atoms with E-state index in [0.717, 1.165) is 35.0 Å². The Hall–Kier alpha value is -2.80. The Labute approximate surface area is 155 Å². The molecule has 0 atom stereocenters. The summed E-state index contributed by atoms with van der Waals surface area (Å²) < 4.78 is 5.03. The van der Waals surface area contributed by atoms with Gasteiger partial charge in [0.15, 0.2) is 0 Å². The van der Waals surface area contributed by atoms with Gasteiger partial charge in [-0.3, -0.25) is 0 Å². The van der Waals surface area contributed by atoms with E-state index in [1.54, 1.807) is 19.5 Å². The number of hydrogen-bond acceptors (Lipinski definition) is 4. The molecule has 26 heavy (non-hydrogen) atoms. The number of H-pyrrole nitrogens is 1. The number of urea groups is 1. The highest BCUT2D eigenvalue weighted by Gasteiger charge is 2.23. The molecular formula is C18H18ClN5O2. The summed E-state index contributed by atoms with van der Waals surface area (Å²) in [5.74, 6) is 0.448. The fraction of sp³-hybridized carbons (Fsp3) is 0.278. The highest BCUT2D eigenvalue weighted by atomic mass is 35.5. The summed E-state index contributed by atoms with van der Waals surface area (Å²) in [6.07, 6.45) is 5.31. The zero-order valence-corrected chi connectivity index (χ0v) is 14.9. The molecule has 0 radical (unpaired) electrons. The molecule has 3 aromatic rings. The van der Waals surface area contributed by atoms with Gasteiger partial charge >= 0.3 is 6.03 Å². The van der Waals surface area contributed by atoms with Crippen LogP contribution in [-0.4, -0.2) is 34.1 Å². The van der Waals surface area contributed by atoms with Gasteiger partial charge in [0.1, 0.15) is 0 Å². The number of nitrogens with zero attached hydrogens (tertiary/aromatic N) is 2. The molecule has 8 heteroatoms. The van der Waals surface area contributed by atoms with Crippen LogP contribution in [0.1, 0.15) is 18.5 Å². The molecule has 1 aromatic carbocycles. The lowest BCUT2D eigenvalue weighted by molar-refractivity contribution is 0.240. The Morgan fingerprint density at radius 2 is 2.15 bits per heavy atom. The molecule has 0 bridgehead atoms. The lowest BCUT2D eigenvalue weighted by Crippen LogP contribution is -2.36. The molecule has 1 fully saturated rings. The number of rotatable bonds is 5. The van der Waals surface area contributed by atoms with E-state index in [-0.39, 0.29) is 6.03 Å². The lowest BCUT2D eigenvalue weighted by atomic mass is 10.1. The lowest BCUT2D eigenvalue weighted by Gasteiger charge is -2.05. The van der Waals surface area contributed by atoms with Crippen LogP contribution >= 0.6 is 11.6 Å². The standard InChI is InChI=1S/C18H18ClN5O2/c1-26-17-9-20-16(8-21-17)13-6-15-10(5-14(13)19)4-12(23-15)7-22-18(25)24-11-2-3-11/h4-6,8-9,11,23H,2-3,7H2,1H3,(H2,22,24,25). The van der Waals surface area contributed by atoms with Crippen LogP contribution in [0.3, 0.4) is 0 Å². The van der Waals surface area contributed by atoms with Crippen molar-refractivity contribution in [2.45, 2.75) is 25.4 Å². The van der Waals surface area contributed by atoms with Crippen LogP contribution in [0.25, 0.3) is 22.2 Å². The van der Waals surface area contributed by atoms with Crippen LogP contribution in [0.5, 0.6) is 5.88 Å². The quantitative estimate of drug-likeness (QED) is 0.642. The first-order valence-corrected chi connectivity index (χ1v) is 8.72. The van der Waals surface area contributed by atoms with Gasteiger partial charge in [-0.15, -0.1) is 0 Å². The summed E-state index contributed by atoms with van der Waals surface area (Å²) in [6, 6.07) is 5.98. The van der Waals surface area contributed by atoms with Gasteiger partial charge in [-0.2, -0.15) is 0 Å². The minimum absolute atomic E-state index is 0.140. The van der Waals surface area contributed by atoms with E-state index in [4.69, 9.17) is 16.3 Å². The van der Waals surface area contributed by atoms with E-state index in [1.807, 2.05) is 18.2 Å². The SMILES string of the molecule is COc1cnc(-c2cc3[nH]c(CNC(=O)NC4CC4)cc3cc2Cl)cn1. The average molecular weight is 372 g/mol. The third kappa shape index (κ3) is 3.57. The maximum Gasteiger partial charge on any atom is 0.315 e. The number of ether oxygens (including phenoxy) is 1. The number of nitrogens with one attached hydrogen (secondary N) is 3. The molecule has 4 rings (SSSR count). The Balaban J connectivity index is 1.54. The van der Waals surface area contributed by atoms with E-state index in [0.29, 0.717) is 29.2 Å². The summed E-state index contributed by atoms with van der Waals surface area (Å²) in [4.78, 5) is 23.6. The predicted molar refractivity (Wildman–Crippen MR) is 99.3 cm³/mol. The van der Waals surface area contributed by atoms with Crippen LogP contribution in [0.2, 0.25) is 5.02 Å². The molecular weight excluding hydrogens is 354 g/mol. The van der Waals surface area contributed by atoms with E-state index >= 15 is 0 Å². The minimum atomic E-state index is -0.140. The maximum absolute atomic E-state index is 11.7. The van der Waals surface area contributed by atoms with Gasteiger partial charge in [-0.1, -0.05) is 11.6 Å². The molecule has 1 saturated carbocycles. The van der Waals surface area contributed by atoms with Crippen molar-refractivity contribution < 1.29 is 9.53 Å². The zero-order chi connectivity index (χ0) is 18.1. The number of fused-ring (bicyclic) bond motifs is 1. The second kappa shape index (κ2) is 6.84. The van der Waals surface area contributed by atoms with Gasteiger partial charge in [-0.25, -0.2) is 14.8 Å². The number of halogens is 1. The molecule has 134 valence electrons. The first-order valence-electron chi connectivity index (χ1n) is 8.34. The van der Waals surface area contributed by atoms with Crippen LogP contribution in [-0.2, 0) is 6.54 Å². The molecule has 0 unspecified atom stereocenters. The van der Waals surface area contributed by atoms with Crippen molar-refractivity contribution in [2.24, 2.45) is 0 Å². The maximum atomic E-state index is 11.7. The highest BCUT2D eigenvalue weighted by Crippen LogP contribution is 2.31. The van der Waals surface area contributed by atoms with Crippen LogP contribution in [0.4, 0.5) is 4.79 Å². The van der Waals surface area contributed by atoms with Gasteiger partial charge in [-0.05, 0) is 31.0 Å². The highest BCUT2D eigenvalue weighted by molar-refractivity contribution is 6.34. The molecule has 1 aliphatic carbocycles. The van der Waals surface area contributed by atoms with E-state index in [9.17, 15) is 4.79 Å².